The number of nitrogens with one attached hydrogen (secondary N) is 2. The molecule has 7 heteroatoms. The van der Waals surface area contributed by atoms with Crippen LogP contribution >= 0.6 is 0 Å². The zero-order valence-electron chi connectivity index (χ0n) is 10.2. The van der Waals surface area contributed by atoms with Crippen LogP contribution in [0.25, 0.3) is 0 Å². The monoisotopic (exact) mass is 255 g/mol. The molecule has 3 N–H and O–H groups in total. The number of hydrogen-bond donors (Lipinski definition) is 3. The lowest BCUT2D eigenvalue weighted by molar-refractivity contribution is -0.139. The Kier molecular flexibility index (Phi) is 5.69. The predicted molar refractivity (Wildman–Crippen MR) is 63.1 cm³/mol. The average molecular weight is 255 g/mol. The van der Waals surface area contributed by atoms with Crippen molar-refractivity contribution < 1.29 is 19.4 Å². The first-order valence-electron chi connectivity index (χ1n) is 5.77. The van der Waals surface area contributed by atoms with Gasteiger partial charge in [0.05, 0.1) is 18.6 Å². The van der Waals surface area contributed by atoms with Crippen molar-refractivity contribution in [2.24, 2.45) is 0 Å². The third kappa shape index (κ3) is 4.86. The van der Waals surface area contributed by atoms with Gasteiger partial charge in [0, 0.05) is 12.6 Å². The van der Waals surface area contributed by atoms with Crippen LogP contribution in [0.4, 0.5) is 4.79 Å². The van der Waals surface area contributed by atoms with E-state index in [0.717, 1.165) is 12.8 Å². The van der Waals surface area contributed by atoms with Crippen molar-refractivity contribution in [3.05, 3.63) is 18.2 Å². The molecule has 0 aliphatic carbocycles. The van der Waals surface area contributed by atoms with Gasteiger partial charge in [-0.05, 0) is 6.42 Å². The smallest absolute Gasteiger partial charge is 0.407 e. The molecule has 0 radical (unpaired) electrons. The summed E-state index contributed by atoms with van der Waals surface area (Å²) in [5.74, 6) is -1.12. The molecule has 1 atom stereocenters. The zero-order valence-corrected chi connectivity index (χ0v) is 10.2. The van der Waals surface area contributed by atoms with E-state index >= 15 is 0 Å². The zero-order chi connectivity index (χ0) is 13.4. The fraction of sp³-hybridized carbons (Fsp3) is 0.545. The van der Waals surface area contributed by atoms with Crippen LogP contribution in [0.1, 0.15) is 25.5 Å². The summed E-state index contributed by atoms with van der Waals surface area (Å²) in [4.78, 5) is 29.0. The maximum absolute atomic E-state index is 11.3. The summed E-state index contributed by atoms with van der Waals surface area (Å²) < 4.78 is 4.84. The van der Waals surface area contributed by atoms with Crippen LogP contribution in [-0.4, -0.2) is 39.8 Å². The molecule has 0 aliphatic rings. The Hall–Kier alpha value is -2.05. The number of amides is 1. The summed E-state index contributed by atoms with van der Waals surface area (Å²) >= 11 is 0. The Bertz CT molecular complexity index is 378. The number of alkyl carbamates (subject to hydrolysis) is 1. The number of aromatic nitrogens is 2. The molecule has 1 aromatic heterocycles. The minimum absolute atomic E-state index is 0.113. The summed E-state index contributed by atoms with van der Waals surface area (Å²) in [6.45, 7) is 2.26. The van der Waals surface area contributed by atoms with E-state index in [4.69, 9.17) is 9.84 Å². The van der Waals surface area contributed by atoms with Crippen LogP contribution in [-0.2, 0) is 16.0 Å². The molecule has 0 bridgehead atoms. The van der Waals surface area contributed by atoms with Crippen LogP contribution < -0.4 is 5.32 Å². The van der Waals surface area contributed by atoms with E-state index in [1.165, 1.54) is 6.33 Å². The summed E-state index contributed by atoms with van der Waals surface area (Å²) in [6.07, 6.45) is 4.09. The standard InChI is InChI=1S/C11H17N3O4/c1-2-3-4-18-11(17)14-9(10(15)16)5-8-6-12-7-13-8/h6-7,9H,2-5H2,1H3,(H,12,13)(H,14,17)(H,15,16)/t9-/m0/s1. The van der Waals surface area contributed by atoms with Gasteiger partial charge in [0.25, 0.3) is 0 Å². The molecule has 1 aromatic rings. The average Bonchev–Trinajstić information content (AvgIpc) is 2.81. The third-order valence-electron chi connectivity index (χ3n) is 2.29. The van der Waals surface area contributed by atoms with Crippen molar-refractivity contribution >= 4 is 12.1 Å². The van der Waals surface area contributed by atoms with Crippen LogP contribution in [0.5, 0.6) is 0 Å². The normalized spacial score (nSPS) is 11.8. The second kappa shape index (κ2) is 7.31. The minimum atomic E-state index is -1.12. The highest BCUT2D eigenvalue weighted by Crippen LogP contribution is 1.99. The number of unbranched alkanes of at least 4 members (excludes halogenated alkanes) is 1. The second-order valence-electron chi connectivity index (χ2n) is 3.79. The van der Waals surface area contributed by atoms with Gasteiger partial charge in [0.2, 0.25) is 0 Å². The Morgan fingerprint density at radius 3 is 2.94 bits per heavy atom. The van der Waals surface area contributed by atoms with E-state index in [1.54, 1.807) is 6.20 Å². The first-order valence-corrected chi connectivity index (χ1v) is 5.77. The number of carboxylic acids is 1. The van der Waals surface area contributed by atoms with Gasteiger partial charge < -0.3 is 20.1 Å². The summed E-state index contributed by atoms with van der Waals surface area (Å²) in [6, 6.07) is -1.04. The molecule has 100 valence electrons. The van der Waals surface area contributed by atoms with Crippen LogP contribution in [0, 0.1) is 0 Å². The number of aromatic amines is 1. The number of ether oxygens (including phenoxy) is 1. The highest BCUT2D eigenvalue weighted by Gasteiger charge is 2.21. The minimum Gasteiger partial charge on any atom is -0.480 e. The SMILES string of the molecule is CCCCOC(=O)N[C@@H](Cc1c[nH]cn1)C(=O)O. The van der Waals surface area contributed by atoms with Crippen LogP contribution in [0.2, 0.25) is 0 Å². The number of H-pyrrole nitrogens is 1. The van der Waals surface area contributed by atoms with Gasteiger partial charge >= 0.3 is 12.1 Å². The Morgan fingerprint density at radius 2 is 2.39 bits per heavy atom. The number of carbonyl (C=O) groups is 2. The molecule has 0 saturated carbocycles. The van der Waals surface area contributed by atoms with E-state index in [-0.39, 0.29) is 13.0 Å². The summed E-state index contributed by atoms with van der Waals surface area (Å²) in [7, 11) is 0. The largest absolute Gasteiger partial charge is 0.480 e. The van der Waals surface area contributed by atoms with Crippen molar-refractivity contribution in [3.8, 4) is 0 Å². The van der Waals surface area contributed by atoms with Crippen LogP contribution in [0.15, 0.2) is 12.5 Å². The molecule has 18 heavy (non-hydrogen) atoms. The molecule has 0 spiro atoms. The van der Waals surface area contributed by atoms with Crippen molar-refractivity contribution in [1.29, 1.82) is 0 Å². The molecular weight excluding hydrogens is 238 g/mol. The molecule has 0 unspecified atom stereocenters. The van der Waals surface area contributed by atoms with Crippen LogP contribution in [0.3, 0.4) is 0 Å². The Balaban J connectivity index is 2.42. The molecular formula is C11H17N3O4. The first-order chi connectivity index (χ1) is 8.63. The van der Waals surface area contributed by atoms with Gasteiger partial charge in [-0.25, -0.2) is 14.6 Å². The Labute approximate surface area is 105 Å². The fourth-order valence-corrected chi connectivity index (χ4v) is 1.30. The lowest BCUT2D eigenvalue weighted by Gasteiger charge is -2.13. The van der Waals surface area contributed by atoms with Gasteiger partial charge in [0.1, 0.15) is 6.04 Å². The molecule has 0 aromatic carbocycles. The van der Waals surface area contributed by atoms with Gasteiger partial charge in [-0.15, -0.1) is 0 Å². The summed E-state index contributed by atoms with van der Waals surface area (Å²) in [5, 5.41) is 11.3. The lowest BCUT2D eigenvalue weighted by Crippen LogP contribution is -2.42. The van der Waals surface area contributed by atoms with Gasteiger partial charge in [0.15, 0.2) is 0 Å². The van der Waals surface area contributed by atoms with E-state index in [0.29, 0.717) is 5.69 Å². The number of nitrogens with zero attached hydrogens (tertiary/aromatic N) is 1. The number of hydrogen-bond acceptors (Lipinski definition) is 4. The number of carbonyl (C=O) groups excluding carboxylic acids is 1. The van der Waals surface area contributed by atoms with Crippen molar-refractivity contribution in [1.82, 2.24) is 15.3 Å². The summed E-state index contributed by atoms with van der Waals surface area (Å²) in [5.41, 5.74) is 0.566. The highest BCUT2D eigenvalue weighted by atomic mass is 16.5. The van der Waals surface area contributed by atoms with E-state index < -0.39 is 18.1 Å². The maximum atomic E-state index is 11.3. The van der Waals surface area contributed by atoms with Gasteiger partial charge in [-0.2, -0.15) is 0 Å². The van der Waals surface area contributed by atoms with Gasteiger partial charge in [-0.3, -0.25) is 0 Å². The predicted octanol–water partition coefficient (Wildman–Crippen LogP) is 0.932. The molecule has 1 rings (SSSR count). The third-order valence-corrected chi connectivity index (χ3v) is 2.29. The second-order valence-corrected chi connectivity index (χ2v) is 3.79. The van der Waals surface area contributed by atoms with E-state index in [9.17, 15) is 9.59 Å². The fourth-order valence-electron chi connectivity index (χ4n) is 1.30. The maximum Gasteiger partial charge on any atom is 0.407 e. The quantitative estimate of drug-likeness (QED) is 0.629. The van der Waals surface area contributed by atoms with Crippen molar-refractivity contribution in [2.45, 2.75) is 32.2 Å². The lowest BCUT2D eigenvalue weighted by atomic mass is 10.2. The van der Waals surface area contributed by atoms with Gasteiger partial charge in [-0.1, -0.05) is 13.3 Å². The molecule has 1 heterocycles. The van der Waals surface area contributed by atoms with E-state index in [2.05, 4.69) is 15.3 Å². The van der Waals surface area contributed by atoms with Crippen molar-refractivity contribution in [3.63, 3.8) is 0 Å². The topological polar surface area (TPSA) is 104 Å². The molecule has 0 saturated heterocycles. The molecule has 7 nitrogen and oxygen atoms in total. The first kappa shape index (κ1) is 14.0. The Morgan fingerprint density at radius 1 is 1.61 bits per heavy atom. The number of rotatable bonds is 7. The highest BCUT2D eigenvalue weighted by molar-refractivity contribution is 5.80. The van der Waals surface area contributed by atoms with Crippen molar-refractivity contribution in [2.75, 3.05) is 6.61 Å². The molecule has 0 fully saturated rings. The molecule has 0 aliphatic heterocycles. The molecule has 1 amide bonds. The number of aliphatic carboxylic acids is 1. The number of carboxylic acid groups (broad SMARTS) is 1. The number of imidazole rings is 1. The van der Waals surface area contributed by atoms with E-state index in [1.807, 2.05) is 6.92 Å².